The van der Waals surface area contributed by atoms with Crippen molar-refractivity contribution in [2.24, 2.45) is 0 Å². The summed E-state index contributed by atoms with van der Waals surface area (Å²) < 4.78 is 15.5. The Hall–Kier alpha value is -3.08. The van der Waals surface area contributed by atoms with E-state index in [2.05, 4.69) is 22.1 Å². The molecule has 0 atom stereocenters. The third-order valence-electron chi connectivity index (χ3n) is 2.57. The molecule has 0 aliphatic carbocycles. The van der Waals surface area contributed by atoms with Crippen LogP contribution in [-0.2, 0) is 0 Å². The van der Waals surface area contributed by atoms with E-state index in [-0.39, 0.29) is 6.01 Å². The van der Waals surface area contributed by atoms with E-state index < -0.39 is 0 Å². The highest BCUT2D eigenvalue weighted by molar-refractivity contribution is 5.27. The highest BCUT2D eigenvalue weighted by Crippen LogP contribution is 2.22. The normalized spacial score (nSPS) is 9.30. The summed E-state index contributed by atoms with van der Waals surface area (Å²) in [6.45, 7) is 0. The van der Waals surface area contributed by atoms with Crippen molar-refractivity contribution in [2.45, 2.75) is 0 Å². The van der Waals surface area contributed by atoms with Crippen LogP contribution in [-0.4, -0.2) is 24.2 Å². The van der Waals surface area contributed by atoms with Crippen molar-refractivity contribution in [1.29, 1.82) is 0 Å². The Morgan fingerprint density at radius 3 is 1.91 bits per heavy atom. The lowest BCUT2D eigenvalue weighted by Gasteiger charge is -2.06. The largest absolute Gasteiger partial charge is 0.481 e. The van der Waals surface area contributed by atoms with Crippen LogP contribution in [0.4, 0.5) is 0 Å². The van der Waals surface area contributed by atoms with E-state index in [0.717, 1.165) is 0 Å². The van der Waals surface area contributed by atoms with Crippen LogP contribution in [0.1, 0.15) is 0 Å². The third kappa shape index (κ3) is 5.67. The van der Waals surface area contributed by atoms with E-state index in [1.54, 1.807) is 18.2 Å². The van der Waals surface area contributed by atoms with Gasteiger partial charge in [-0.3, -0.25) is 0 Å². The maximum Gasteiger partial charge on any atom is 0.328 e. The second kappa shape index (κ2) is 9.04. The molecule has 0 fully saturated rings. The zero-order valence-corrected chi connectivity index (χ0v) is 12.9. The lowest BCUT2D eigenvalue weighted by Crippen LogP contribution is -1.97. The summed E-state index contributed by atoms with van der Waals surface area (Å²) in [6.07, 6.45) is 0. The van der Waals surface area contributed by atoms with Gasteiger partial charge in [0.05, 0.1) is 20.3 Å². The molecule has 0 spiro atoms. The van der Waals surface area contributed by atoms with Gasteiger partial charge >= 0.3 is 6.01 Å². The van der Waals surface area contributed by atoms with Crippen LogP contribution < -0.4 is 14.2 Å². The molecule has 0 saturated heterocycles. The Kier molecular flexibility index (Phi) is 6.41. The van der Waals surface area contributed by atoms with Crippen LogP contribution in [0.5, 0.6) is 23.5 Å². The lowest BCUT2D eigenvalue weighted by atomic mass is 10.3. The number of hydrogen-bond donors (Lipinski definition) is 0. The first-order chi connectivity index (χ1) is 11.3. The van der Waals surface area contributed by atoms with Gasteiger partial charge in [0.1, 0.15) is 5.75 Å². The Morgan fingerprint density at radius 2 is 1.48 bits per heavy atom. The SMILES string of the molecule is COc1cc(OC)nc(Oc2[c]cccc2)n1.[c]1ccccc1. The Bertz CT molecular complexity index is 642. The van der Waals surface area contributed by atoms with Gasteiger partial charge in [-0.1, -0.05) is 48.5 Å². The van der Waals surface area contributed by atoms with Crippen LogP contribution >= 0.6 is 0 Å². The zero-order chi connectivity index (χ0) is 16.3. The van der Waals surface area contributed by atoms with E-state index in [9.17, 15) is 0 Å². The van der Waals surface area contributed by atoms with Gasteiger partial charge in [-0.2, -0.15) is 9.97 Å². The van der Waals surface area contributed by atoms with Gasteiger partial charge in [0, 0.05) is 6.07 Å². The second-order valence-corrected chi connectivity index (χ2v) is 4.14. The highest BCUT2D eigenvalue weighted by atomic mass is 16.5. The fraction of sp³-hybridized carbons (Fsp3) is 0.111. The molecule has 0 aliphatic heterocycles. The molecule has 3 rings (SSSR count). The van der Waals surface area contributed by atoms with E-state index in [4.69, 9.17) is 14.2 Å². The molecular formula is C18H16N2O3. The summed E-state index contributed by atoms with van der Waals surface area (Å²) in [6, 6.07) is 24.3. The molecule has 116 valence electrons. The van der Waals surface area contributed by atoms with Gasteiger partial charge < -0.3 is 14.2 Å². The minimum atomic E-state index is 0.156. The summed E-state index contributed by atoms with van der Waals surface area (Å²) in [5.74, 6) is 1.29. The summed E-state index contributed by atoms with van der Waals surface area (Å²) in [5.41, 5.74) is 0. The molecule has 3 aromatic rings. The van der Waals surface area contributed by atoms with Gasteiger partial charge in [0.15, 0.2) is 0 Å². The number of rotatable bonds is 4. The quantitative estimate of drug-likeness (QED) is 0.737. The number of hydrogen-bond acceptors (Lipinski definition) is 5. The molecule has 0 N–H and O–H groups in total. The minimum Gasteiger partial charge on any atom is -0.481 e. The minimum absolute atomic E-state index is 0.156. The molecule has 0 bridgehead atoms. The molecule has 2 radical (unpaired) electrons. The number of nitrogens with zero attached hydrogens (tertiary/aromatic N) is 2. The van der Waals surface area contributed by atoms with Crippen molar-refractivity contribution in [3.05, 3.63) is 72.8 Å². The molecule has 2 aromatic carbocycles. The smallest absolute Gasteiger partial charge is 0.328 e. The first-order valence-corrected chi connectivity index (χ1v) is 6.84. The standard InChI is InChI=1S/C12H11N2O3.C6H5/c1-15-10-8-11(16-2)14-12(13-10)17-9-6-4-3-5-7-9;1-2-4-6-5-3-1/h3-6,8H,1-2H3;1-5H. The molecule has 5 nitrogen and oxygen atoms in total. The molecule has 1 heterocycles. The fourth-order valence-corrected chi connectivity index (χ4v) is 1.52. The van der Waals surface area contributed by atoms with E-state index in [1.165, 1.54) is 14.2 Å². The maximum atomic E-state index is 5.43. The van der Waals surface area contributed by atoms with Crippen LogP contribution in [0.3, 0.4) is 0 Å². The van der Waals surface area contributed by atoms with E-state index in [0.29, 0.717) is 17.5 Å². The topological polar surface area (TPSA) is 53.5 Å². The first-order valence-electron chi connectivity index (χ1n) is 6.84. The molecular weight excluding hydrogens is 292 g/mol. The molecule has 1 aromatic heterocycles. The summed E-state index contributed by atoms with van der Waals surface area (Å²) in [7, 11) is 3.03. The van der Waals surface area contributed by atoms with E-state index >= 15 is 0 Å². The first kappa shape index (κ1) is 16.3. The van der Waals surface area contributed by atoms with Gasteiger partial charge in [0.2, 0.25) is 11.8 Å². The van der Waals surface area contributed by atoms with Crippen LogP contribution in [0.2, 0.25) is 0 Å². The average molecular weight is 308 g/mol. The number of ether oxygens (including phenoxy) is 3. The molecule has 23 heavy (non-hydrogen) atoms. The molecule has 0 unspecified atom stereocenters. The van der Waals surface area contributed by atoms with Gasteiger partial charge in [0.25, 0.3) is 0 Å². The Morgan fingerprint density at radius 1 is 0.826 bits per heavy atom. The Balaban J connectivity index is 0.000000268. The average Bonchev–Trinajstić information content (AvgIpc) is 2.64. The van der Waals surface area contributed by atoms with Crippen molar-refractivity contribution in [2.75, 3.05) is 14.2 Å². The predicted molar refractivity (Wildman–Crippen MR) is 85.8 cm³/mol. The van der Waals surface area contributed by atoms with Gasteiger partial charge in [-0.25, -0.2) is 0 Å². The van der Waals surface area contributed by atoms with Gasteiger partial charge in [-0.05, 0) is 12.1 Å². The van der Waals surface area contributed by atoms with Crippen LogP contribution in [0.25, 0.3) is 0 Å². The molecule has 0 amide bonds. The van der Waals surface area contributed by atoms with Crippen LogP contribution in [0, 0.1) is 12.1 Å². The number of methoxy groups -OCH3 is 2. The van der Waals surface area contributed by atoms with E-state index in [1.807, 2.05) is 42.5 Å². The fourth-order valence-electron chi connectivity index (χ4n) is 1.52. The maximum absolute atomic E-state index is 5.43. The number of aromatic nitrogens is 2. The van der Waals surface area contributed by atoms with Gasteiger partial charge in [-0.15, -0.1) is 0 Å². The highest BCUT2D eigenvalue weighted by Gasteiger charge is 2.07. The van der Waals surface area contributed by atoms with Crippen LogP contribution in [0.15, 0.2) is 60.7 Å². The van der Waals surface area contributed by atoms with Crippen molar-refractivity contribution < 1.29 is 14.2 Å². The Labute approximate surface area is 135 Å². The van der Waals surface area contributed by atoms with Crippen molar-refractivity contribution >= 4 is 0 Å². The number of para-hydroxylation sites is 1. The lowest BCUT2D eigenvalue weighted by molar-refractivity contribution is 0.348. The summed E-state index contributed by atoms with van der Waals surface area (Å²) in [5, 5.41) is 0. The summed E-state index contributed by atoms with van der Waals surface area (Å²) in [4.78, 5) is 8.08. The van der Waals surface area contributed by atoms with Crippen molar-refractivity contribution in [1.82, 2.24) is 9.97 Å². The third-order valence-corrected chi connectivity index (χ3v) is 2.57. The summed E-state index contributed by atoms with van der Waals surface area (Å²) >= 11 is 0. The number of benzene rings is 2. The molecule has 0 aliphatic rings. The molecule has 0 saturated carbocycles. The zero-order valence-electron chi connectivity index (χ0n) is 12.9. The second-order valence-electron chi connectivity index (χ2n) is 4.14. The van der Waals surface area contributed by atoms with Crippen molar-refractivity contribution in [3.8, 4) is 23.5 Å². The monoisotopic (exact) mass is 308 g/mol. The van der Waals surface area contributed by atoms with Crippen molar-refractivity contribution in [3.63, 3.8) is 0 Å². The molecule has 5 heteroatoms. The predicted octanol–water partition coefficient (Wildman–Crippen LogP) is 3.57.